The van der Waals surface area contributed by atoms with Crippen LogP contribution in [0.3, 0.4) is 0 Å². The summed E-state index contributed by atoms with van der Waals surface area (Å²) in [6.45, 7) is 3.00. The van der Waals surface area contributed by atoms with Gasteiger partial charge in [0.2, 0.25) is 15.9 Å². The minimum Gasteiger partial charge on any atom is -0.492 e. The molecule has 0 unspecified atom stereocenters. The first-order chi connectivity index (χ1) is 13.6. The second-order valence-corrected chi connectivity index (χ2v) is 8.39. The largest absolute Gasteiger partial charge is 0.492 e. The first kappa shape index (κ1) is 18.7. The first-order valence-electron chi connectivity index (χ1n) is 9.19. The summed E-state index contributed by atoms with van der Waals surface area (Å²) in [5, 5.41) is 8.14. The lowest BCUT2D eigenvalue weighted by atomic mass is 9.98. The molecule has 0 spiro atoms. The number of piperidine rings is 1. The SMILES string of the molecule is CCOc1ccccc1S(=O)(=O)N1CCC(c2nnc(-c3ccco3)o2)CC1. The summed E-state index contributed by atoms with van der Waals surface area (Å²) in [6, 6.07) is 10.2. The fraction of sp³-hybridized carbons (Fsp3) is 0.368. The van der Waals surface area contributed by atoms with Gasteiger partial charge in [-0.1, -0.05) is 12.1 Å². The summed E-state index contributed by atoms with van der Waals surface area (Å²) in [5.41, 5.74) is 0. The molecule has 1 fully saturated rings. The van der Waals surface area contributed by atoms with Crippen LogP contribution in [0.5, 0.6) is 5.75 Å². The van der Waals surface area contributed by atoms with Gasteiger partial charge in [-0.25, -0.2) is 8.42 Å². The van der Waals surface area contributed by atoms with Gasteiger partial charge in [-0.2, -0.15) is 4.31 Å². The number of hydrogen-bond donors (Lipinski definition) is 0. The van der Waals surface area contributed by atoms with E-state index in [9.17, 15) is 8.42 Å². The van der Waals surface area contributed by atoms with E-state index in [0.29, 0.717) is 55.8 Å². The van der Waals surface area contributed by atoms with E-state index in [0.717, 1.165) is 0 Å². The van der Waals surface area contributed by atoms with Crippen molar-refractivity contribution in [2.75, 3.05) is 19.7 Å². The Morgan fingerprint density at radius 2 is 1.93 bits per heavy atom. The van der Waals surface area contributed by atoms with Crippen molar-refractivity contribution >= 4 is 10.0 Å². The average molecular weight is 403 g/mol. The first-order valence-corrected chi connectivity index (χ1v) is 10.6. The third kappa shape index (κ3) is 3.55. The maximum Gasteiger partial charge on any atom is 0.283 e. The molecule has 9 heteroatoms. The summed E-state index contributed by atoms with van der Waals surface area (Å²) >= 11 is 0. The molecule has 28 heavy (non-hydrogen) atoms. The highest BCUT2D eigenvalue weighted by Crippen LogP contribution is 2.33. The molecule has 0 aliphatic carbocycles. The minimum absolute atomic E-state index is 0.0183. The Hall–Kier alpha value is -2.65. The molecule has 1 aliphatic rings. The van der Waals surface area contributed by atoms with E-state index in [-0.39, 0.29) is 10.8 Å². The van der Waals surface area contributed by atoms with Crippen molar-refractivity contribution in [2.45, 2.75) is 30.6 Å². The van der Waals surface area contributed by atoms with Crippen molar-refractivity contribution < 1.29 is 22.0 Å². The van der Waals surface area contributed by atoms with E-state index < -0.39 is 10.0 Å². The molecular formula is C19H21N3O5S. The van der Waals surface area contributed by atoms with E-state index in [1.165, 1.54) is 4.31 Å². The molecule has 0 bridgehead atoms. The Balaban J connectivity index is 1.47. The number of para-hydroxylation sites is 1. The van der Waals surface area contributed by atoms with Crippen molar-refractivity contribution in [3.8, 4) is 17.4 Å². The van der Waals surface area contributed by atoms with Crippen LogP contribution >= 0.6 is 0 Å². The van der Waals surface area contributed by atoms with Gasteiger partial charge in [-0.3, -0.25) is 0 Å². The average Bonchev–Trinajstić information content (AvgIpc) is 3.40. The van der Waals surface area contributed by atoms with Crippen LogP contribution in [0.2, 0.25) is 0 Å². The topological polar surface area (TPSA) is 98.7 Å². The molecule has 148 valence electrons. The van der Waals surface area contributed by atoms with E-state index in [2.05, 4.69) is 10.2 Å². The second kappa shape index (κ2) is 7.76. The Morgan fingerprint density at radius 1 is 1.14 bits per heavy atom. The van der Waals surface area contributed by atoms with Gasteiger partial charge in [0.1, 0.15) is 10.6 Å². The van der Waals surface area contributed by atoms with Crippen LogP contribution in [0.1, 0.15) is 31.6 Å². The molecule has 3 aromatic rings. The molecule has 0 saturated carbocycles. The van der Waals surface area contributed by atoms with Crippen LogP contribution in [0.4, 0.5) is 0 Å². The van der Waals surface area contributed by atoms with E-state index in [1.807, 2.05) is 6.92 Å². The standard InChI is InChI=1S/C19H21N3O5S/c1-2-25-15-6-3-4-8-17(15)28(23,24)22-11-9-14(10-12-22)18-20-21-19(27-18)16-7-5-13-26-16/h3-8,13-14H,2,9-12H2,1H3. The van der Waals surface area contributed by atoms with E-state index in [1.54, 1.807) is 42.7 Å². The predicted octanol–water partition coefficient (Wildman–Crippen LogP) is 3.30. The monoisotopic (exact) mass is 403 g/mol. The smallest absolute Gasteiger partial charge is 0.283 e. The highest BCUT2D eigenvalue weighted by Gasteiger charge is 2.33. The zero-order valence-corrected chi connectivity index (χ0v) is 16.3. The summed E-state index contributed by atoms with van der Waals surface area (Å²) in [6.07, 6.45) is 2.76. The number of ether oxygens (including phenoxy) is 1. The molecule has 3 heterocycles. The summed E-state index contributed by atoms with van der Waals surface area (Å²) in [5.74, 6) is 1.77. The Morgan fingerprint density at radius 3 is 2.64 bits per heavy atom. The Bertz CT molecular complexity index is 1020. The number of sulfonamides is 1. The van der Waals surface area contributed by atoms with Gasteiger partial charge in [0.05, 0.1) is 12.9 Å². The molecule has 0 N–H and O–H groups in total. The zero-order chi connectivity index (χ0) is 19.6. The third-order valence-corrected chi connectivity index (χ3v) is 6.68. The van der Waals surface area contributed by atoms with Crippen LogP contribution in [0.15, 0.2) is 56.4 Å². The van der Waals surface area contributed by atoms with Crippen molar-refractivity contribution in [1.82, 2.24) is 14.5 Å². The summed E-state index contributed by atoms with van der Waals surface area (Å²) < 4.78 is 44.1. The number of furan rings is 1. The molecule has 8 nitrogen and oxygen atoms in total. The van der Waals surface area contributed by atoms with Gasteiger partial charge in [0, 0.05) is 19.0 Å². The quantitative estimate of drug-likeness (QED) is 0.623. The fourth-order valence-corrected chi connectivity index (χ4v) is 4.92. The van der Waals surface area contributed by atoms with E-state index >= 15 is 0 Å². The molecule has 2 aromatic heterocycles. The third-order valence-electron chi connectivity index (χ3n) is 4.74. The maximum absolute atomic E-state index is 13.1. The van der Waals surface area contributed by atoms with Gasteiger partial charge in [-0.15, -0.1) is 10.2 Å². The maximum atomic E-state index is 13.1. The molecule has 4 rings (SSSR count). The van der Waals surface area contributed by atoms with E-state index in [4.69, 9.17) is 13.6 Å². The summed E-state index contributed by atoms with van der Waals surface area (Å²) in [7, 11) is -3.62. The Labute approximate surface area is 163 Å². The molecule has 1 aliphatic heterocycles. The molecule has 1 aromatic carbocycles. The number of benzene rings is 1. The second-order valence-electron chi connectivity index (χ2n) is 6.48. The number of aromatic nitrogens is 2. The molecule has 1 saturated heterocycles. The van der Waals surface area contributed by atoms with Crippen LogP contribution in [-0.2, 0) is 10.0 Å². The van der Waals surface area contributed by atoms with Crippen LogP contribution in [0, 0.1) is 0 Å². The van der Waals surface area contributed by atoms with Gasteiger partial charge in [-0.05, 0) is 44.0 Å². The molecule has 0 radical (unpaired) electrons. The highest BCUT2D eigenvalue weighted by atomic mass is 32.2. The number of nitrogens with zero attached hydrogens (tertiary/aromatic N) is 3. The normalized spacial score (nSPS) is 16.3. The summed E-state index contributed by atoms with van der Waals surface area (Å²) in [4.78, 5) is 0.202. The predicted molar refractivity (Wildman–Crippen MR) is 100 cm³/mol. The van der Waals surface area contributed by atoms with Crippen LogP contribution < -0.4 is 4.74 Å². The lowest BCUT2D eigenvalue weighted by Gasteiger charge is -2.30. The lowest BCUT2D eigenvalue weighted by molar-refractivity contribution is 0.288. The molecule has 0 atom stereocenters. The Kier molecular flexibility index (Phi) is 5.19. The van der Waals surface area contributed by atoms with Crippen molar-refractivity contribution in [1.29, 1.82) is 0 Å². The van der Waals surface area contributed by atoms with Crippen molar-refractivity contribution in [3.05, 3.63) is 48.6 Å². The van der Waals surface area contributed by atoms with Crippen molar-refractivity contribution in [3.63, 3.8) is 0 Å². The van der Waals surface area contributed by atoms with Gasteiger partial charge in [0.25, 0.3) is 5.89 Å². The highest BCUT2D eigenvalue weighted by molar-refractivity contribution is 7.89. The van der Waals surface area contributed by atoms with Crippen LogP contribution in [-0.4, -0.2) is 42.6 Å². The fourth-order valence-electron chi connectivity index (χ4n) is 3.32. The number of rotatable bonds is 6. The van der Waals surface area contributed by atoms with Crippen molar-refractivity contribution in [2.24, 2.45) is 0 Å². The number of hydrogen-bond acceptors (Lipinski definition) is 7. The molecular weight excluding hydrogens is 382 g/mol. The van der Waals surface area contributed by atoms with Gasteiger partial charge < -0.3 is 13.6 Å². The van der Waals surface area contributed by atoms with Gasteiger partial charge >= 0.3 is 0 Å². The zero-order valence-electron chi connectivity index (χ0n) is 15.4. The molecule has 0 amide bonds. The minimum atomic E-state index is -3.62. The lowest BCUT2D eigenvalue weighted by Crippen LogP contribution is -2.38. The van der Waals surface area contributed by atoms with Crippen LogP contribution in [0.25, 0.3) is 11.7 Å². The van der Waals surface area contributed by atoms with Gasteiger partial charge in [0.15, 0.2) is 5.76 Å².